The van der Waals surface area contributed by atoms with Gasteiger partial charge in [-0.15, -0.1) is 5.10 Å². The fourth-order valence-corrected chi connectivity index (χ4v) is 1.64. The third-order valence-corrected chi connectivity index (χ3v) is 2.56. The Morgan fingerprint density at radius 1 is 1.20 bits per heavy atom. The molecule has 2 aromatic rings. The highest BCUT2D eigenvalue weighted by atomic mass is 16.4. The molecule has 9 nitrogen and oxygen atoms in total. The summed E-state index contributed by atoms with van der Waals surface area (Å²) in [5.41, 5.74) is 5.57. The molecule has 9 heteroatoms. The quantitative estimate of drug-likeness (QED) is 0.712. The van der Waals surface area contributed by atoms with Crippen molar-refractivity contribution in [3.63, 3.8) is 0 Å². The zero-order valence-electron chi connectivity index (χ0n) is 10.4. The SMILES string of the molecule is CC(N)c1nnnn1-c1cc(C(=O)O)cc(C(=O)O)c1. The van der Waals surface area contributed by atoms with E-state index >= 15 is 0 Å². The summed E-state index contributed by atoms with van der Waals surface area (Å²) in [5.74, 6) is -2.20. The molecule has 0 saturated heterocycles. The van der Waals surface area contributed by atoms with E-state index in [0.29, 0.717) is 5.82 Å². The zero-order valence-corrected chi connectivity index (χ0v) is 10.4. The summed E-state index contributed by atoms with van der Waals surface area (Å²) in [6, 6.07) is 3.12. The maximum absolute atomic E-state index is 11.0. The maximum atomic E-state index is 11.0. The number of nitrogens with two attached hydrogens (primary N) is 1. The second-order valence-electron chi connectivity index (χ2n) is 4.12. The van der Waals surface area contributed by atoms with Crippen LogP contribution >= 0.6 is 0 Å². The molecular weight excluding hydrogens is 266 g/mol. The van der Waals surface area contributed by atoms with Crippen LogP contribution in [0.25, 0.3) is 5.69 Å². The van der Waals surface area contributed by atoms with E-state index in [1.807, 2.05) is 0 Å². The largest absolute Gasteiger partial charge is 0.478 e. The van der Waals surface area contributed by atoms with E-state index in [0.717, 1.165) is 6.07 Å². The Balaban J connectivity index is 2.64. The highest BCUT2D eigenvalue weighted by molar-refractivity contribution is 5.94. The number of rotatable bonds is 4. The molecule has 1 atom stereocenters. The third-order valence-electron chi connectivity index (χ3n) is 2.56. The van der Waals surface area contributed by atoms with Crippen molar-refractivity contribution in [3.8, 4) is 5.69 Å². The van der Waals surface area contributed by atoms with Gasteiger partial charge in [-0.2, -0.15) is 4.68 Å². The van der Waals surface area contributed by atoms with E-state index in [-0.39, 0.29) is 16.8 Å². The molecule has 0 saturated carbocycles. The number of carboxylic acid groups (broad SMARTS) is 2. The number of tetrazole rings is 1. The number of hydrogen-bond donors (Lipinski definition) is 3. The number of carboxylic acids is 2. The second-order valence-corrected chi connectivity index (χ2v) is 4.12. The van der Waals surface area contributed by atoms with Crippen LogP contribution < -0.4 is 5.73 Å². The van der Waals surface area contributed by atoms with E-state index in [9.17, 15) is 9.59 Å². The smallest absolute Gasteiger partial charge is 0.335 e. The van der Waals surface area contributed by atoms with Crippen molar-refractivity contribution in [3.05, 3.63) is 35.2 Å². The summed E-state index contributed by atoms with van der Waals surface area (Å²) in [6.45, 7) is 1.65. The first-order chi connectivity index (χ1) is 9.40. The lowest BCUT2D eigenvalue weighted by atomic mass is 10.1. The molecule has 2 rings (SSSR count). The maximum Gasteiger partial charge on any atom is 0.335 e. The van der Waals surface area contributed by atoms with Gasteiger partial charge in [-0.25, -0.2) is 9.59 Å². The number of benzene rings is 1. The van der Waals surface area contributed by atoms with Crippen LogP contribution in [0, 0.1) is 0 Å². The summed E-state index contributed by atoms with van der Waals surface area (Å²) >= 11 is 0. The Bertz CT molecular complexity index is 647. The van der Waals surface area contributed by atoms with Crippen molar-refractivity contribution in [2.24, 2.45) is 5.73 Å². The van der Waals surface area contributed by atoms with Gasteiger partial charge in [0, 0.05) is 0 Å². The molecule has 0 aliphatic carbocycles. The summed E-state index contributed by atoms with van der Waals surface area (Å²) in [4.78, 5) is 22.1. The molecular formula is C11H11N5O4. The van der Waals surface area contributed by atoms with Crippen molar-refractivity contribution in [1.29, 1.82) is 0 Å². The van der Waals surface area contributed by atoms with Crippen LogP contribution in [0.1, 0.15) is 39.5 Å². The summed E-state index contributed by atoms with van der Waals surface area (Å²) in [7, 11) is 0. The molecule has 0 aliphatic heterocycles. The van der Waals surface area contributed by atoms with Crippen molar-refractivity contribution in [1.82, 2.24) is 20.2 Å². The lowest BCUT2D eigenvalue weighted by molar-refractivity contribution is 0.0696. The van der Waals surface area contributed by atoms with Gasteiger partial charge in [0.25, 0.3) is 0 Å². The van der Waals surface area contributed by atoms with Gasteiger partial charge in [0.05, 0.1) is 22.9 Å². The molecule has 0 amide bonds. The number of nitrogens with zero attached hydrogens (tertiary/aromatic N) is 4. The van der Waals surface area contributed by atoms with Crippen LogP contribution in [0.3, 0.4) is 0 Å². The van der Waals surface area contributed by atoms with Crippen LogP contribution in [0.15, 0.2) is 18.2 Å². The van der Waals surface area contributed by atoms with Gasteiger partial charge in [-0.05, 0) is 35.5 Å². The Morgan fingerprint density at radius 2 is 1.75 bits per heavy atom. The molecule has 20 heavy (non-hydrogen) atoms. The second kappa shape index (κ2) is 5.05. The number of carbonyl (C=O) groups is 2. The molecule has 1 aromatic carbocycles. The number of aromatic nitrogens is 4. The lowest BCUT2D eigenvalue weighted by Crippen LogP contribution is -2.14. The van der Waals surface area contributed by atoms with Gasteiger partial charge >= 0.3 is 11.9 Å². The van der Waals surface area contributed by atoms with Crippen LogP contribution in [-0.4, -0.2) is 42.4 Å². The van der Waals surface area contributed by atoms with E-state index in [4.69, 9.17) is 15.9 Å². The number of aromatic carboxylic acids is 2. The van der Waals surface area contributed by atoms with E-state index in [2.05, 4.69) is 15.5 Å². The van der Waals surface area contributed by atoms with E-state index < -0.39 is 18.0 Å². The van der Waals surface area contributed by atoms with Gasteiger partial charge in [-0.1, -0.05) is 0 Å². The van der Waals surface area contributed by atoms with Gasteiger partial charge in [0.2, 0.25) is 0 Å². The Labute approximate surface area is 112 Å². The topological polar surface area (TPSA) is 144 Å². The van der Waals surface area contributed by atoms with Crippen LogP contribution in [0.5, 0.6) is 0 Å². The highest BCUT2D eigenvalue weighted by Crippen LogP contribution is 2.17. The molecule has 4 N–H and O–H groups in total. The van der Waals surface area contributed by atoms with Crippen LogP contribution in [0.4, 0.5) is 0 Å². The summed E-state index contributed by atoms with van der Waals surface area (Å²) in [6.07, 6.45) is 0. The van der Waals surface area contributed by atoms with Crippen LogP contribution in [0.2, 0.25) is 0 Å². The standard InChI is InChI=1S/C11H11N5O4/c1-5(12)9-13-14-15-16(9)8-3-6(10(17)18)2-7(4-8)11(19)20/h2-5H,12H2,1H3,(H,17,18)(H,19,20). The van der Waals surface area contributed by atoms with Crippen molar-refractivity contribution in [2.45, 2.75) is 13.0 Å². The predicted molar refractivity (Wildman–Crippen MR) is 65.7 cm³/mol. The Kier molecular flexibility index (Phi) is 3.44. The molecule has 0 spiro atoms. The van der Waals surface area contributed by atoms with Crippen molar-refractivity contribution < 1.29 is 19.8 Å². The van der Waals surface area contributed by atoms with Gasteiger partial charge in [0.1, 0.15) is 0 Å². The average molecular weight is 277 g/mol. The number of hydrogen-bond acceptors (Lipinski definition) is 6. The first-order valence-corrected chi connectivity index (χ1v) is 5.56. The Hall–Kier alpha value is -2.81. The molecule has 0 radical (unpaired) electrons. The zero-order chi connectivity index (χ0) is 14.9. The molecule has 0 fully saturated rings. The minimum absolute atomic E-state index is 0.175. The van der Waals surface area contributed by atoms with E-state index in [1.165, 1.54) is 16.8 Å². The van der Waals surface area contributed by atoms with Crippen molar-refractivity contribution in [2.75, 3.05) is 0 Å². The van der Waals surface area contributed by atoms with E-state index in [1.54, 1.807) is 6.92 Å². The molecule has 1 unspecified atom stereocenters. The third kappa shape index (κ3) is 2.47. The lowest BCUT2D eigenvalue weighted by Gasteiger charge is -2.08. The first-order valence-electron chi connectivity index (χ1n) is 5.56. The summed E-state index contributed by atoms with van der Waals surface area (Å²) in [5, 5.41) is 28.9. The molecule has 0 aliphatic rings. The fraction of sp³-hybridized carbons (Fsp3) is 0.182. The summed E-state index contributed by atoms with van der Waals surface area (Å²) < 4.78 is 1.21. The first kappa shape index (κ1) is 13.6. The average Bonchev–Trinajstić information content (AvgIpc) is 2.87. The monoisotopic (exact) mass is 277 g/mol. The van der Waals surface area contributed by atoms with Gasteiger partial charge in [0.15, 0.2) is 5.82 Å². The fourth-order valence-electron chi connectivity index (χ4n) is 1.64. The molecule has 104 valence electrons. The van der Waals surface area contributed by atoms with Crippen molar-refractivity contribution >= 4 is 11.9 Å². The Morgan fingerprint density at radius 3 is 2.20 bits per heavy atom. The van der Waals surface area contributed by atoms with Crippen LogP contribution in [-0.2, 0) is 0 Å². The van der Waals surface area contributed by atoms with Gasteiger partial charge < -0.3 is 15.9 Å². The molecule has 1 aromatic heterocycles. The normalized spacial score (nSPS) is 12.1. The predicted octanol–water partition coefficient (Wildman–Crippen LogP) is 0.0784. The molecule has 0 bridgehead atoms. The van der Waals surface area contributed by atoms with Gasteiger partial charge in [-0.3, -0.25) is 0 Å². The highest BCUT2D eigenvalue weighted by Gasteiger charge is 2.17. The molecule has 1 heterocycles. The minimum Gasteiger partial charge on any atom is -0.478 e. The minimum atomic E-state index is -1.25.